The van der Waals surface area contributed by atoms with Crippen LogP contribution < -0.4 is 4.72 Å². The SMILES string of the molecule is O=[N+]([O-])c1ccc(NS(=O)(=O)c2ncccn2)cc1. The van der Waals surface area contributed by atoms with Crippen LogP contribution in [0.1, 0.15) is 0 Å². The molecule has 0 radical (unpaired) electrons. The van der Waals surface area contributed by atoms with E-state index in [2.05, 4.69) is 14.7 Å². The van der Waals surface area contributed by atoms with Gasteiger partial charge in [0.2, 0.25) is 0 Å². The van der Waals surface area contributed by atoms with E-state index < -0.39 is 14.9 Å². The van der Waals surface area contributed by atoms with Crippen LogP contribution in [0.15, 0.2) is 47.9 Å². The van der Waals surface area contributed by atoms with Crippen molar-refractivity contribution in [3.63, 3.8) is 0 Å². The molecule has 2 aromatic rings. The van der Waals surface area contributed by atoms with Gasteiger partial charge in [0.05, 0.1) is 4.92 Å². The monoisotopic (exact) mass is 280 g/mol. The summed E-state index contributed by atoms with van der Waals surface area (Å²) in [6.07, 6.45) is 2.61. The molecule has 9 heteroatoms. The first-order chi connectivity index (χ1) is 8.99. The second kappa shape index (κ2) is 4.98. The summed E-state index contributed by atoms with van der Waals surface area (Å²) < 4.78 is 25.9. The molecule has 19 heavy (non-hydrogen) atoms. The summed E-state index contributed by atoms with van der Waals surface area (Å²) in [5.41, 5.74) is 0.0666. The topological polar surface area (TPSA) is 115 Å². The fraction of sp³-hybridized carbons (Fsp3) is 0. The molecular formula is C10H8N4O4S. The Morgan fingerprint density at radius 3 is 2.21 bits per heavy atom. The zero-order valence-corrected chi connectivity index (χ0v) is 10.2. The van der Waals surface area contributed by atoms with E-state index in [0.717, 1.165) is 0 Å². The number of nitrogens with one attached hydrogen (secondary N) is 1. The Morgan fingerprint density at radius 1 is 1.11 bits per heavy atom. The third kappa shape index (κ3) is 3.01. The number of nitro groups is 1. The summed E-state index contributed by atoms with van der Waals surface area (Å²) in [6.45, 7) is 0. The lowest BCUT2D eigenvalue weighted by atomic mass is 10.3. The number of hydrogen-bond donors (Lipinski definition) is 1. The Kier molecular flexibility index (Phi) is 3.38. The maximum Gasteiger partial charge on any atom is 0.297 e. The molecule has 0 saturated carbocycles. The molecule has 1 aromatic carbocycles. The number of aromatic nitrogens is 2. The fourth-order valence-electron chi connectivity index (χ4n) is 1.28. The number of nitro benzene ring substituents is 1. The standard InChI is InChI=1S/C10H8N4O4S/c15-14(16)9-4-2-8(3-5-9)13-19(17,18)10-11-6-1-7-12-10/h1-7,13H. The highest BCUT2D eigenvalue weighted by atomic mass is 32.2. The fourth-order valence-corrected chi connectivity index (χ4v) is 2.21. The first-order valence-corrected chi connectivity index (χ1v) is 6.52. The van der Waals surface area contributed by atoms with Gasteiger partial charge in [-0.25, -0.2) is 9.97 Å². The molecule has 8 nitrogen and oxygen atoms in total. The zero-order chi connectivity index (χ0) is 13.9. The van der Waals surface area contributed by atoms with Crippen LogP contribution in [-0.4, -0.2) is 23.3 Å². The number of rotatable bonds is 4. The van der Waals surface area contributed by atoms with Crippen molar-refractivity contribution in [3.05, 3.63) is 52.8 Å². The molecule has 0 aliphatic carbocycles. The minimum Gasteiger partial charge on any atom is -0.277 e. The molecular weight excluding hydrogens is 272 g/mol. The molecule has 0 aliphatic heterocycles. The Labute approximate surface area is 108 Å². The van der Waals surface area contributed by atoms with Gasteiger partial charge in [0.15, 0.2) is 0 Å². The van der Waals surface area contributed by atoms with Crippen LogP contribution in [0.5, 0.6) is 0 Å². The molecule has 0 spiro atoms. The van der Waals surface area contributed by atoms with Gasteiger partial charge in [0, 0.05) is 30.2 Å². The minimum atomic E-state index is -3.89. The second-order valence-corrected chi connectivity index (χ2v) is 5.02. The minimum absolute atomic E-state index is 0.126. The number of nitrogens with zero attached hydrogens (tertiary/aromatic N) is 3. The molecule has 1 heterocycles. The maximum absolute atomic E-state index is 11.9. The molecule has 0 aliphatic rings. The number of anilines is 1. The van der Waals surface area contributed by atoms with Gasteiger partial charge < -0.3 is 0 Å². The molecule has 0 bridgehead atoms. The van der Waals surface area contributed by atoms with Gasteiger partial charge >= 0.3 is 0 Å². The average molecular weight is 280 g/mol. The quantitative estimate of drug-likeness (QED) is 0.511. The lowest BCUT2D eigenvalue weighted by Crippen LogP contribution is -2.15. The third-order valence-corrected chi connectivity index (χ3v) is 3.31. The number of benzene rings is 1. The first kappa shape index (κ1) is 12.9. The van der Waals surface area contributed by atoms with Gasteiger partial charge in [-0.2, -0.15) is 8.42 Å². The Morgan fingerprint density at radius 2 is 1.68 bits per heavy atom. The van der Waals surface area contributed by atoms with Crippen LogP contribution in [0.25, 0.3) is 0 Å². The molecule has 0 saturated heterocycles. The van der Waals surface area contributed by atoms with Crippen LogP contribution in [0.3, 0.4) is 0 Å². The van der Waals surface area contributed by atoms with Gasteiger partial charge in [-0.15, -0.1) is 0 Å². The highest BCUT2D eigenvalue weighted by Gasteiger charge is 2.17. The Hall–Kier alpha value is -2.55. The van der Waals surface area contributed by atoms with Crippen LogP contribution in [0.4, 0.5) is 11.4 Å². The normalized spacial score (nSPS) is 10.9. The molecule has 2 rings (SSSR count). The summed E-state index contributed by atoms with van der Waals surface area (Å²) in [6, 6.07) is 6.47. The van der Waals surface area contributed by atoms with E-state index in [0.29, 0.717) is 0 Å². The van der Waals surface area contributed by atoms with E-state index >= 15 is 0 Å². The number of sulfonamides is 1. The summed E-state index contributed by atoms with van der Waals surface area (Å²) in [7, 11) is -3.89. The van der Waals surface area contributed by atoms with Crippen molar-refractivity contribution in [1.82, 2.24) is 9.97 Å². The van der Waals surface area contributed by atoms with E-state index in [1.54, 1.807) is 0 Å². The van der Waals surface area contributed by atoms with Gasteiger partial charge in [0.1, 0.15) is 0 Å². The van der Waals surface area contributed by atoms with Gasteiger partial charge in [-0.1, -0.05) is 0 Å². The van der Waals surface area contributed by atoms with Crippen molar-refractivity contribution in [2.24, 2.45) is 0 Å². The van der Waals surface area contributed by atoms with E-state index in [-0.39, 0.29) is 16.5 Å². The van der Waals surface area contributed by atoms with E-state index in [4.69, 9.17) is 0 Å². The average Bonchev–Trinajstić information content (AvgIpc) is 2.40. The van der Waals surface area contributed by atoms with Gasteiger partial charge in [0.25, 0.3) is 20.9 Å². The van der Waals surface area contributed by atoms with Crippen LogP contribution >= 0.6 is 0 Å². The largest absolute Gasteiger partial charge is 0.297 e. The van der Waals surface area contributed by atoms with Crippen LogP contribution in [-0.2, 0) is 10.0 Å². The predicted octanol–water partition coefficient (Wildman–Crippen LogP) is 1.19. The third-order valence-electron chi connectivity index (χ3n) is 2.11. The molecule has 0 atom stereocenters. The highest BCUT2D eigenvalue weighted by molar-refractivity contribution is 7.92. The van der Waals surface area contributed by atoms with Crippen LogP contribution in [0, 0.1) is 10.1 Å². The summed E-state index contributed by atoms with van der Waals surface area (Å²) in [5, 5.41) is 10.1. The zero-order valence-electron chi connectivity index (χ0n) is 9.42. The highest BCUT2D eigenvalue weighted by Crippen LogP contribution is 2.17. The van der Waals surface area contributed by atoms with E-state index in [1.165, 1.54) is 42.7 Å². The summed E-state index contributed by atoms with van der Waals surface area (Å²) >= 11 is 0. The van der Waals surface area contributed by atoms with E-state index in [9.17, 15) is 18.5 Å². The Balaban J connectivity index is 2.24. The lowest BCUT2D eigenvalue weighted by molar-refractivity contribution is -0.384. The maximum atomic E-state index is 11.9. The van der Waals surface area contributed by atoms with Crippen molar-refractivity contribution in [2.45, 2.75) is 5.16 Å². The number of non-ortho nitro benzene ring substituents is 1. The number of hydrogen-bond acceptors (Lipinski definition) is 6. The molecule has 0 unspecified atom stereocenters. The summed E-state index contributed by atoms with van der Waals surface area (Å²) in [4.78, 5) is 17.1. The van der Waals surface area contributed by atoms with Crippen molar-refractivity contribution in [1.29, 1.82) is 0 Å². The predicted molar refractivity (Wildman–Crippen MR) is 65.9 cm³/mol. The molecule has 1 N–H and O–H groups in total. The Bertz CT molecular complexity index is 685. The van der Waals surface area contributed by atoms with E-state index in [1.807, 2.05) is 0 Å². The summed E-state index contributed by atoms with van der Waals surface area (Å²) in [5.74, 6) is 0. The van der Waals surface area contributed by atoms with Crippen molar-refractivity contribution < 1.29 is 13.3 Å². The van der Waals surface area contributed by atoms with Gasteiger partial charge in [-0.3, -0.25) is 14.8 Å². The van der Waals surface area contributed by atoms with Gasteiger partial charge in [-0.05, 0) is 18.2 Å². The molecule has 0 amide bonds. The van der Waals surface area contributed by atoms with Crippen molar-refractivity contribution >= 4 is 21.4 Å². The lowest BCUT2D eigenvalue weighted by Gasteiger charge is -2.05. The first-order valence-electron chi connectivity index (χ1n) is 5.03. The molecule has 1 aromatic heterocycles. The molecule has 98 valence electrons. The molecule has 0 fully saturated rings. The van der Waals surface area contributed by atoms with Crippen molar-refractivity contribution in [3.8, 4) is 0 Å². The van der Waals surface area contributed by atoms with Crippen molar-refractivity contribution in [2.75, 3.05) is 4.72 Å². The van der Waals surface area contributed by atoms with Crippen LogP contribution in [0.2, 0.25) is 0 Å². The smallest absolute Gasteiger partial charge is 0.277 e. The second-order valence-electron chi connectivity index (χ2n) is 3.44.